The van der Waals surface area contributed by atoms with Crippen molar-refractivity contribution in [3.05, 3.63) is 24.3 Å². The normalized spacial score (nSPS) is 20.9. The van der Waals surface area contributed by atoms with Crippen molar-refractivity contribution < 1.29 is 51.8 Å². The van der Waals surface area contributed by atoms with Crippen molar-refractivity contribution in [1.29, 1.82) is 0 Å². The molecule has 0 saturated carbocycles. The van der Waals surface area contributed by atoms with Crippen molar-refractivity contribution >= 4 is 16.3 Å². The molecular formula is C47H89NO11S. The summed E-state index contributed by atoms with van der Waals surface area (Å²) in [5, 5.41) is 44.6. The minimum atomic E-state index is -5.08. The van der Waals surface area contributed by atoms with Crippen LogP contribution in [0.5, 0.6) is 0 Å². The van der Waals surface area contributed by atoms with Crippen molar-refractivity contribution in [1.82, 2.24) is 5.32 Å². The molecule has 12 nitrogen and oxygen atoms in total. The fourth-order valence-electron chi connectivity index (χ4n) is 7.69. The molecule has 7 atom stereocenters. The number of ether oxygens (including phenoxy) is 2. The van der Waals surface area contributed by atoms with Gasteiger partial charge in [-0.1, -0.05) is 192 Å². The minimum absolute atomic E-state index is 0.220. The Hall–Kier alpha value is -1.42. The Balaban J connectivity index is 2.40. The van der Waals surface area contributed by atoms with Gasteiger partial charge in [-0.05, 0) is 38.5 Å². The third-order valence-corrected chi connectivity index (χ3v) is 11.9. The summed E-state index contributed by atoms with van der Waals surface area (Å²) in [5.74, 6) is -0.298. The summed E-state index contributed by atoms with van der Waals surface area (Å²) < 4.78 is 47.5. The lowest BCUT2D eigenvalue weighted by Crippen LogP contribution is -2.61. The number of hydrogen-bond donors (Lipinski definition) is 6. The fraction of sp³-hybridized carbons (Fsp3) is 0.894. The van der Waals surface area contributed by atoms with Crippen LogP contribution in [0.3, 0.4) is 0 Å². The van der Waals surface area contributed by atoms with E-state index in [1.165, 1.54) is 148 Å². The molecule has 1 saturated heterocycles. The zero-order chi connectivity index (χ0) is 44.1. The smallest absolute Gasteiger partial charge is 0.394 e. The number of aliphatic hydroxyl groups excluding tert-OH is 4. The first-order valence-corrected chi connectivity index (χ1v) is 25.6. The van der Waals surface area contributed by atoms with E-state index >= 15 is 0 Å². The molecule has 6 N–H and O–H groups in total. The Morgan fingerprint density at radius 2 is 1.07 bits per heavy atom. The number of carbonyl (C=O) groups excluding carboxylic acids is 1. The van der Waals surface area contributed by atoms with E-state index in [4.69, 9.17) is 14.0 Å². The Labute approximate surface area is 365 Å². The zero-order valence-electron chi connectivity index (χ0n) is 37.8. The third kappa shape index (κ3) is 30.6. The maximum atomic E-state index is 12.9. The van der Waals surface area contributed by atoms with Gasteiger partial charge in [0.1, 0.15) is 24.4 Å². The van der Waals surface area contributed by atoms with Gasteiger partial charge < -0.3 is 35.2 Å². The molecule has 1 amide bonds. The van der Waals surface area contributed by atoms with Crippen LogP contribution in [0.4, 0.5) is 0 Å². The topological polar surface area (TPSA) is 192 Å². The van der Waals surface area contributed by atoms with Crippen molar-refractivity contribution in [2.45, 2.75) is 256 Å². The Bertz CT molecular complexity index is 1170. The zero-order valence-corrected chi connectivity index (χ0v) is 38.6. The molecule has 0 aromatic carbocycles. The molecule has 0 spiro atoms. The highest BCUT2D eigenvalue weighted by atomic mass is 32.3. The minimum Gasteiger partial charge on any atom is -0.394 e. The number of hydrogen-bond acceptors (Lipinski definition) is 10. The van der Waals surface area contributed by atoms with Crippen molar-refractivity contribution in [2.75, 3.05) is 13.2 Å². The van der Waals surface area contributed by atoms with Gasteiger partial charge in [-0.25, -0.2) is 4.18 Å². The van der Waals surface area contributed by atoms with Gasteiger partial charge in [-0.15, -0.1) is 0 Å². The van der Waals surface area contributed by atoms with Gasteiger partial charge >= 0.3 is 10.4 Å². The van der Waals surface area contributed by atoms with Crippen molar-refractivity contribution in [2.24, 2.45) is 0 Å². The van der Waals surface area contributed by atoms with Crippen molar-refractivity contribution in [3.8, 4) is 0 Å². The molecule has 0 aromatic heterocycles. The summed E-state index contributed by atoms with van der Waals surface area (Å²) in [4.78, 5) is 12.9. The van der Waals surface area contributed by atoms with Crippen LogP contribution in [0.2, 0.25) is 0 Å². The maximum absolute atomic E-state index is 12.9. The van der Waals surface area contributed by atoms with E-state index in [0.29, 0.717) is 6.42 Å². The van der Waals surface area contributed by atoms with Gasteiger partial charge in [-0.2, -0.15) is 8.42 Å². The molecule has 0 aromatic rings. The number of aliphatic hydroxyl groups is 4. The third-order valence-electron chi connectivity index (χ3n) is 11.5. The first kappa shape index (κ1) is 56.6. The van der Waals surface area contributed by atoms with Crippen LogP contribution >= 0.6 is 0 Å². The van der Waals surface area contributed by atoms with Gasteiger partial charge in [0.05, 0.1) is 25.4 Å². The Kier molecular flexibility index (Phi) is 35.9. The molecule has 0 aliphatic carbocycles. The first-order valence-electron chi connectivity index (χ1n) is 24.2. The highest BCUT2D eigenvalue weighted by Crippen LogP contribution is 2.26. The molecule has 354 valence electrons. The molecule has 1 rings (SSSR count). The number of carbonyl (C=O) groups is 1. The highest BCUT2D eigenvalue weighted by Gasteiger charge is 2.48. The van der Waals surface area contributed by atoms with Crippen LogP contribution in [0.15, 0.2) is 24.3 Å². The number of rotatable bonds is 41. The van der Waals surface area contributed by atoms with Crippen LogP contribution in [-0.4, -0.2) is 95.4 Å². The standard InChI is InChI=1S/C47H89NO11S/c1-3-5-7-9-11-13-14-15-16-17-18-19-20-21-22-23-24-25-26-27-29-30-32-34-36-41(50)40(48-43(51)37-35-33-31-28-12-10-8-6-4-2)39-57-47-45(53)46(59-60(54,55)56)44(52)42(38-49)58-47/h28,31,34,36,40-42,44-47,49-50,52-53H,3-27,29-30,32-33,35,37-39H2,1-2H3,(H,48,51)(H,54,55,56)/b31-28-,36-34+. The van der Waals surface area contributed by atoms with E-state index in [1.54, 1.807) is 6.08 Å². The highest BCUT2D eigenvalue weighted by molar-refractivity contribution is 7.80. The predicted octanol–water partition coefficient (Wildman–Crippen LogP) is 9.72. The molecule has 60 heavy (non-hydrogen) atoms. The van der Waals surface area contributed by atoms with E-state index in [0.717, 1.165) is 38.5 Å². The first-order chi connectivity index (χ1) is 29.0. The lowest BCUT2D eigenvalue weighted by Gasteiger charge is -2.41. The second-order valence-electron chi connectivity index (χ2n) is 17.0. The maximum Gasteiger partial charge on any atom is 0.397 e. The Morgan fingerprint density at radius 1 is 0.650 bits per heavy atom. The molecule has 1 fully saturated rings. The molecule has 1 aliphatic rings. The summed E-state index contributed by atoms with van der Waals surface area (Å²) >= 11 is 0. The summed E-state index contributed by atoms with van der Waals surface area (Å²) in [7, 11) is -5.08. The SMILES string of the molecule is CCCCCC/C=C\CCCC(=O)NC(COC1OC(CO)C(O)C(OS(=O)(=O)O)C1O)C(O)/C=C/CCCCCCCCCCCCCCCCCCCCCCCC. The molecule has 0 radical (unpaired) electrons. The number of allylic oxidation sites excluding steroid dienone is 3. The van der Waals surface area contributed by atoms with E-state index in [2.05, 4.69) is 35.5 Å². The average Bonchev–Trinajstić information content (AvgIpc) is 3.22. The summed E-state index contributed by atoms with van der Waals surface area (Å²) in [6.07, 6.45) is 35.4. The van der Waals surface area contributed by atoms with Crippen LogP contribution in [0.1, 0.15) is 213 Å². The summed E-state index contributed by atoms with van der Waals surface area (Å²) in [5.41, 5.74) is 0. The molecule has 1 heterocycles. The lowest BCUT2D eigenvalue weighted by atomic mass is 9.99. The van der Waals surface area contributed by atoms with Crippen LogP contribution in [0, 0.1) is 0 Å². The van der Waals surface area contributed by atoms with Gasteiger partial charge in [0.15, 0.2) is 6.29 Å². The average molecular weight is 876 g/mol. The fourth-order valence-corrected chi connectivity index (χ4v) is 8.20. The molecule has 7 unspecified atom stereocenters. The second-order valence-corrected chi connectivity index (χ2v) is 18.1. The van der Waals surface area contributed by atoms with Gasteiger partial charge in [0.2, 0.25) is 5.91 Å². The predicted molar refractivity (Wildman–Crippen MR) is 241 cm³/mol. The van der Waals surface area contributed by atoms with Crippen LogP contribution in [0.25, 0.3) is 0 Å². The number of unbranched alkanes of at least 4 members (excludes halogenated alkanes) is 27. The molecular weight excluding hydrogens is 787 g/mol. The quantitative estimate of drug-likeness (QED) is 0.0195. The second kappa shape index (κ2) is 38.1. The van der Waals surface area contributed by atoms with Gasteiger partial charge in [0.25, 0.3) is 0 Å². The van der Waals surface area contributed by atoms with E-state index < -0.39 is 59.9 Å². The van der Waals surface area contributed by atoms with E-state index in [1.807, 2.05) is 6.08 Å². The Morgan fingerprint density at radius 3 is 1.52 bits per heavy atom. The summed E-state index contributed by atoms with van der Waals surface area (Å²) in [6.45, 7) is 3.33. The van der Waals surface area contributed by atoms with Crippen LogP contribution < -0.4 is 5.32 Å². The molecule has 0 bridgehead atoms. The molecule has 1 aliphatic heterocycles. The van der Waals surface area contributed by atoms with Crippen LogP contribution in [-0.2, 0) is 28.9 Å². The van der Waals surface area contributed by atoms with Gasteiger partial charge in [0, 0.05) is 6.42 Å². The van der Waals surface area contributed by atoms with Crippen molar-refractivity contribution in [3.63, 3.8) is 0 Å². The largest absolute Gasteiger partial charge is 0.397 e. The summed E-state index contributed by atoms with van der Waals surface area (Å²) in [6, 6.07) is -0.955. The van der Waals surface area contributed by atoms with E-state index in [-0.39, 0.29) is 18.9 Å². The lowest BCUT2D eigenvalue weighted by molar-refractivity contribution is -0.298. The van der Waals surface area contributed by atoms with Gasteiger partial charge in [-0.3, -0.25) is 9.35 Å². The molecule has 13 heteroatoms. The number of nitrogens with one attached hydrogen (secondary N) is 1. The number of amides is 1. The van der Waals surface area contributed by atoms with E-state index in [9.17, 15) is 33.6 Å². The monoisotopic (exact) mass is 876 g/mol.